The van der Waals surface area contributed by atoms with E-state index in [-0.39, 0.29) is 11.5 Å². The zero-order valence-electron chi connectivity index (χ0n) is 17.6. The highest BCUT2D eigenvalue weighted by Crippen LogP contribution is 2.37. The van der Waals surface area contributed by atoms with Gasteiger partial charge in [-0.25, -0.2) is 0 Å². The standard InChI is InChI=1S/C23H34N2O4/c1-27-21-4-2-3-19(17-21)5-6-22(26)25-10-8-23(9-11-25)18-20(7-14-29-23)24-12-15-28-16-13-24/h2-4,17,20H,5-16,18H2,1H3. The van der Waals surface area contributed by atoms with E-state index in [1.807, 2.05) is 23.1 Å². The molecule has 3 fully saturated rings. The summed E-state index contributed by atoms with van der Waals surface area (Å²) in [7, 11) is 1.67. The van der Waals surface area contributed by atoms with Gasteiger partial charge in [-0.2, -0.15) is 0 Å². The van der Waals surface area contributed by atoms with E-state index in [0.29, 0.717) is 12.5 Å². The minimum absolute atomic E-state index is 0.0369. The minimum atomic E-state index is -0.0369. The maximum Gasteiger partial charge on any atom is 0.222 e. The molecule has 4 rings (SSSR count). The fourth-order valence-electron chi connectivity index (χ4n) is 5.01. The van der Waals surface area contributed by atoms with E-state index < -0.39 is 0 Å². The van der Waals surface area contributed by atoms with Crippen LogP contribution in [-0.2, 0) is 20.7 Å². The normalized spacial score (nSPS) is 25.1. The fraction of sp³-hybridized carbons (Fsp3) is 0.696. The average Bonchev–Trinajstić information content (AvgIpc) is 2.79. The molecule has 29 heavy (non-hydrogen) atoms. The van der Waals surface area contributed by atoms with E-state index >= 15 is 0 Å². The summed E-state index contributed by atoms with van der Waals surface area (Å²) in [6.07, 6.45) is 5.44. The number of aryl methyl sites for hydroxylation is 1. The first-order chi connectivity index (χ1) is 14.2. The average molecular weight is 403 g/mol. The van der Waals surface area contributed by atoms with E-state index in [2.05, 4.69) is 11.0 Å². The summed E-state index contributed by atoms with van der Waals surface area (Å²) in [4.78, 5) is 17.4. The van der Waals surface area contributed by atoms with Gasteiger partial charge in [0.1, 0.15) is 5.75 Å². The first kappa shape index (κ1) is 20.6. The van der Waals surface area contributed by atoms with Gasteiger partial charge >= 0.3 is 0 Å². The third-order valence-electron chi connectivity index (χ3n) is 6.82. The molecule has 3 aliphatic heterocycles. The third-order valence-corrected chi connectivity index (χ3v) is 6.82. The number of nitrogens with zero attached hydrogens (tertiary/aromatic N) is 2. The van der Waals surface area contributed by atoms with Crippen molar-refractivity contribution in [3.63, 3.8) is 0 Å². The summed E-state index contributed by atoms with van der Waals surface area (Å²) in [5, 5.41) is 0. The Bertz CT molecular complexity index is 681. The Morgan fingerprint density at radius 1 is 1.17 bits per heavy atom. The molecule has 0 N–H and O–H groups in total. The van der Waals surface area contributed by atoms with Crippen LogP contribution in [0.1, 0.15) is 37.7 Å². The zero-order valence-corrected chi connectivity index (χ0v) is 17.6. The van der Waals surface area contributed by atoms with Crippen LogP contribution < -0.4 is 4.74 Å². The number of ether oxygens (including phenoxy) is 3. The summed E-state index contributed by atoms with van der Waals surface area (Å²) in [5.74, 6) is 1.10. The quantitative estimate of drug-likeness (QED) is 0.758. The summed E-state index contributed by atoms with van der Waals surface area (Å²) >= 11 is 0. The van der Waals surface area contributed by atoms with E-state index in [1.54, 1.807) is 7.11 Å². The number of hydrogen-bond acceptors (Lipinski definition) is 5. The summed E-state index contributed by atoms with van der Waals surface area (Å²) in [5.41, 5.74) is 1.11. The van der Waals surface area contributed by atoms with Crippen molar-refractivity contribution in [2.45, 2.75) is 50.2 Å². The molecule has 0 saturated carbocycles. The lowest BCUT2D eigenvalue weighted by Crippen LogP contribution is -2.55. The number of amides is 1. The molecule has 1 aromatic rings. The predicted octanol–water partition coefficient (Wildman–Crippen LogP) is 2.50. The number of benzene rings is 1. The molecule has 1 unspecified atom stereocenters. The fourth-order valence-corrected chi connectivity index (χ4v) is 5.01. The first-order valence-corrected chi connectivity index (χ1v) is 11.0. The number of carbonyl (C=O) groups excluding carboxylic acids is 1. The lowest BCUT2D eigenvalue weighted by atomic mass is 9.81. The Hall–Kier alpha value is -1.63. The number of hydrogen-bond donors (Lipinski definition) is 0. The molecule has 1 aromatic carbocycles. The van der Waals surface area contributed by atoms with E-state index in [0.717, 1.165) is 89.4 Å². The number of piperidine rings is 1. The topological polar surface area (TPSA) is 51.2 Å². The molecule has 1 amide bonds. The minimum Gasteiger partial charge on any atom is -0.497 e. The van der Waals surface area contributed by atoms with Crippen molar-refractivity contribution in [1.82, 2.24) is 9.80 Å². The van der Waals surface area contributed by atoms with Crippen molar-refractivity contribution >= 4 is 5.91 Å². The van der Waals surface area contributed by atoms with Gasteiger partial charge < -0.3 is 19.1 Å². The summed E-state index contributed by atoms with van der Waals surface area (Å²) < 4.78 is 17.1. The SMILES string of the molecule is COc1cccc(CCC(=O)N2CCC3(CC2)CC(N2CCOCC2)CCO3)c1. The molecule has 3 heterocycles. The second kappa shape index (κ2) is 9.45. The number of carbonyl (C=O) groups is 1. The van der Waals surface area contributed by atoms with Crippen LogP contribution >= 0.6 is 0 Å². The maximum atomic E-state index is 12.7. The Morgan fingerprint density at radius 3 is 2.72 bits per heavy atom. The number of methoxy groups -OCH3 is 1. The lowest BCUT2D eigenvalue weighted by Gasteiger charge is -2.49. The smallest absolute Gasteiger partial charge is 0.222 e. The number of rotatable bonds is 5. The van der Waals surface area contributed by atoms with Gasteiger partial charge in [0.15, 0.2) is 0 Å². The molecule has 160 valence electrons. The zero-order chi connectivity index (χ0) is 20.1. The Balaban J connectivity index is 1.26. The molecule has 6 nitrogen and oxygen atoms in total. The highest BCUT2D eigenvalue weighted by molar-refractivity contribution is 5.76. The third kappa shape index (κ3) is 5.11. The van der Waals surface area contributed by atoms with Crippen molar-refractivity contribution < 1.29 is 19.0 Å². The molecule has 3 saturated heterocycles. The second-order valence-corrected chi connectivity index (χ2v) is 8.56. The van der Waals surface area contributed by atoms with Gasteiger partial charge in [-0.1, -0.05) is 12.1 Å². The van der Waals surface area contributed by atoms with Gasteiger partial charge in [0, 0.05) is 45.2 Å². The molecule has 6 heteroatoms. The van der Waals surface area contributed by atoms with Crippen molar-refractivity contribution in [3.8, 4) is 5.75 Å². The molecule has 1 spiro atoms. The molecule has 3 aliphatic rings. The number of likely N-dealkylation sites (tertiary alicyclic amines) is 1. The lowest BCUT2D eigenvalue weighted by molar-refractivity contribution is -0.151. The predicted molar refractivity (Wildman–Crippen MR) is 111 cm³/mol. The van der Waals surface area contributed by atoms with Crippen molar-refractivity contribution in [3.05, 3.63) is 29.8 Å². The maximum absolute atomic E-state index is 12.7. The van der Waals surface area contributed by atoms with Gasteiger partial charge in [0.25, 0.3) is 0 Å². The van der Waals surface area contributed by atoms with Crippen LogP contribution in [0.4, 0.5) is 0 Å². The van der Waals surface area contributed by atoms with E-state index in [4.69, 9.17) is 14.2 Å². The molecular formula is C23H34N2O4. The number of morpholine rings is 1. The van der Waals surface area contributed by atoms with Crippen molar-refractivity contribution in [2.75, 3.05) is 53.1 Å². The van der Waals surface area contributed by atoms with Crippen LogP contribution in [-0.4, -0.2) is 80.5 Å². The second-order valence-electron chi connectivity index (χ2n) is 8.56. The molecule has 1 atom stereocenters. The molecule has 0 aliphatic carbocycles. The van der Waals surface area contributed by atoms with E-state index in [9.17, 15) is 4.79 Å². The van der Waals surface area contributed by atoms with Gasteiger partial charge in [-0.15, -0.1) is 0 Å². The molecule has 0 aromatic heterocycles. The van der Waals surface area contributed by atoms with Crippen molar-refractivity contribution in [2.24, 2.45) is 0 Å². The van der Waals surface area contributed by atoms with E-state index in [1.165, 1.54) is 0 Å². The monoisotopic (exact) mass is 402 g/mol. The van der Waals surface area contributed by atoms with Crippen molar-refractivity contribution in [1.29, 1.82) is 0 Å². The highest BCUT2D eigenvalue weighted by Gasteiger charge is 2.42. The largest absolute Gasteiger partial charge is 0.497 e. The van der Waals surface area contributed by atoms with Gasteiger partial charge in [0.05, 0.1) is 25.9 Å². The van der Waals surface area contributed by atoms with Crippen LogP contribution in [0, 0.1) is 0 Å². The Morgan fingerprint density at radius 2 is 1.97 bits per heavy atom. The van der Waals surface area contributed by atoms with Crippen LogP contribution in [0.3, 0.4) is 0 Å². The van der Waals surface area contributed by atoms with Crippen LogP contribution in [0.25, 0.3) is 0 Å². The summed E-state index contributed by atoms with van der Waals surface area (Å²) in [6, 6.07) is 8.59. The van der Waals surface area contributed by atoms with Crippen LogP contribution in [0.5, 0.6) is 5.75 Å². The first-order valence-electron chi connectivity index (χ1n) is 11.0. The Kier molecular flexibility index (Phi) is 6.73. The molecule has 0 bridgehead atoms. The Labute approximate surface area is 174 Å². The van der Waals surface area contributed by atoms with Crippen LogP contribution in [0.2, 0.25) is 0 Å². The van der Waals surface area contributed by atoms with Gasteiger partial charge in [0.2, 0.25) is 5.91 Å². The van der Waals surface area contributed by atoms with Crippen LogP contribution in [0.15, 0.2) is 24.3 Å². The summed E-state index contributed by atoms with van der Waals surface area (Å²) in [6.45, 7) is 6.23. The molecule has 0 radical (unpaired) electrons. The highest BCUT2D eigenvalue weighted by atomic mass is 16.5. The van der Waals surface area contributed by atoms with Gasteiger partial charge in [-0.05, 0) is 49.8 Å². The molecular weight excluding hydrogens is 368 g/mol. The van der Waals surface area contributed by atoms with Gasteiger partial charge in [-0.3, -0.25) is 9.69 Å².